The summed E-state index contributed by atoms with van der Waals surface area (Å²) in [5.41, 5.74) is 1.15. The van der Waals surface area contributed by atoms with Gasteiger partial charge in [-0.05, 0) is 11.6 Å². The fourth-order valence-corrected chi connectivity index (χ4v) is 1.99. The first-order valence-electron chi connectivity index (χ1n) is 5.64. The molecule has 1 aromatic rings. The van der Waals surface area contributed by atoms with Crippen LogP contribution in [0, 0.1) is 0 Å². The van der Waals surface area contributed by atoms with Gasteiger partial charge in [-0.15, -0.1) is 0 Å². The van der Waals surface area contributed by atoms with Gasteiger partial charge < -0.3 is 4.74 Å². The molecular weight excluding hydrogens is 234 g/mol. The molecule has 1 unspecified atom stereocenters. The Balaban J connectivity index is 1.62. The number of carbonyl (C=O) groups excluding carboxylic acids is 2. The Morgan fingerprint density at radius 2 is 1.94 bits per heavy atom. The van der Waals surface area contributed by atoms with E-state index in [-0.39, 0.29) is 12.1 Å². The van der Waals surface area contributed by atoms with Crippen LogP contribution in [-0.4, -0.2) is 30.4 Å². The zero-order chi connectivity index (χ0) is 12.5. The molecule has 1 atom stereocenters. The number of para-hydroxylation sites is 1. The number of rotatable bonds is 2. The van der Waals surface area contributed by atoms with Crippen molar-refractivity contribution in [2.45, 2.75) is 12.5 Å². The number of carbonyl (C=O) groups is 2. The summed E-state index contributed by atoms with van der Waals surface area (Å²) >= 11 is 0. The molecule has 6 nitrogen and oxygen atoms in total. The smallest absolute Gasteiger partial charge is 0.316 e. The average molecular weight is 245 g/mol. The van der Waals surface area contributed by atoms with E-state index in [9.17, 15) is 9.59 Å². The maximum absolute atomic E-state index is 10.9. The van der Waals surface area contributed by atoms with E-state index in [1.165, 1.54) is 0 Å². The van der Waals surface area contributed by atoms with Crippen LogP contribution in [0.1, 0.15) is 5.56 Å². The second-order valence-corrected chi connectivity index (χ2v) is 4.15. The van der Waals surface area contributed by atoms with Gasteiger partial charge in [0.2, 0.25) is 5.96 Å². The Morgan fingerprint density at radius 3 is 2.67 bits per heavy atom. The first-order chi connectivity index (χ1) is 8.72. The zero-order valence-electron chi connectivity index (χ0n) is 9.47. The summed E-state index contributed by atoms with van der Waals surface area (Å²) in [4.78, 5) is 26.0. The molecule has 0 aliphatic carbocycles. The lowest BCUT2D eigenvalue weighted by Gasteiger charge is -2.07. The molecule has 2 N–H and O–H groups in total. The third-order valence-electron chi connectivity index (χ3n) is 2.84. The van der Waals surface area contributed by atoms with Gasteiger partial charge in [0, 0.05) is 6.42 Å². The zero-order valence-corrected chi connectivity index (χ0v) is 9.47. The summed E-state index contributed by atoms with van der Waals surface area (Å²) in [6.07, 6.45) is 0.735. The standard InChI is InChI=1S/C12H11N3O3/c16-10-11(17)15-12(14-10)13-6-8-5-7-3-1-2-4-9(7)18-8/h1-4,8H,5-6H2,(H2,13,14,15,16,17). The van der Waals surface area contributed by atoms with Crippen molar-refractivity contribution in [1.82, 2.24) is 10.6 Å². The number of aliphatic imine (C=N–C) groups is 1. The molecule has 0 bridgehead atoms. The number of amides is 2. The predicted octanol–water partition coefficient (Wildman–Crippen LogP) is -0.408. The van der Waals surface area contributed by atoms with Gasteiger partial charge in [0.05, 0.1) is 6.54 Å². The van der Waals surface area contributed by atoms with Gasteiger partial charge in [0.1, 0.15) is 11.9 Å². The van der Waals surface area contributed by atoms with Crippen molar-refractivity contribution >= 4 is 17.8 Å². The van der Waals surface area contributed by atoms with E-state index >= 15 is 0 Å². The third-order valence-corrected chi connectivity index (χ3v) is 2.84. The van der Waals surface area contributed by atoms with Crippen molar-refractivity contribution in [3.63, 3.8) is 0 Å². The molecule has 0 spiro atoms. The lowest BCUT2D eigenvalue weighted by Crippen LogP contribution is -2.28. The van der Waals surface area contributed by atoms with Crippen LogP contribution < -0.4 is 15.4 Å². The number of hydrogen-bond acceptors (Lipinski definition) is 4. The number of hydrogen-bond donors (Lipinski definition) is 2. The second-order valence-electron chi connectivity index (χ2n) is 4.15. The number of ether oxygens (including phenoxy) is 1. The summed E-state index contributed by atoms with van der Waals surface area (Å²) in [5.74, 6) is -0.277. The van der Waals surface area contributed by atoms with E-state index < -0.39 is 11.8 Å². The molecule has 1 saturated heterocycles. The molecule has 2 amide bonds. The Bertz CT molecular complexity index is 510. The summed E-state index contributed by atoms with van der Waals surface area (Å²) in [6.45, 7) is 0.393. The predicted molar refractivity (Wildman–Crippen MR) is 63.1 cm³/mol. The van der Waals surface area contributed by atoms with Gasteiger partial charge in [-0.2, -0.15) is 0 Å². The van der Waals surface area contributed by atoms with Crippen molar-refractivity contribution in [3.05, 3.63) is 29.8 Å². The van der Waals surface area contributed by atoms with Crippen LogP contribution in [-0.2, 0) is 16.0 Å². The molecule has 18 heavy (non-hydrogen) atoms. The SMILES string of the molecule is O=C1NC(=NCC2Cc3ccccc3O2)NC1=O. The number of benzene rings is 1. The Labute approximate surface area is 103 Å². The highest BCUT2D eigenvalue weighted by Gasteiger charge is 2.26. The number of fused-ring (bicyclic) bond motifs is 1. The first-order valence-corrected chi connectivity index (χ1v) is 5.64. The highest BCUT2D eigenvalue weighted by Crippen LogP contribution is 2.28. The molecule has 0 saturated carbocycles. The average Bonchev–Trinajstić information content (AvgIpc) is 2.91. The Hall–Kier alpha value is -2.37. The van der Waals surface area contributed by atoms with Gasteiger partial charge >= 0.3 is 11.8 Å². The molecule has 6 heteroatoms. The highest BCUT2D eigenvalue weighted by atomic mass is 16.5. The van der Waals surface area contributed by atoms with E-state index in [1.807, 2.05) is 24.3 Å². The van der Waals surface area contributed by atoms with Gasteiger partial charge in [-0.1, -0.05) is 18.2 Å². The van der Waals surface area contributed by atoms with Gasteiger partial charge in [-0.25, -0.2) is 4.99 Å². The second kappa shape index (κ2) is 4.14. The maximum Gasteiger partial charge on any atom is 0.316 e. The van der Waals surface area contributed by atoms with E-state index in [1.54, 1.807) is 0 Å². The fraction of sp³-hybridized carbons (Fsp3) is 0.250. The van der Waals surface area contributed by atoms with Crippen molar-refractivity contribution in [3.8, 4) is 5.75 Å². The molecule has 2 aliphatic heterocycles. The molecule has 0 aromatic heterocycles. The van der Waals surface area contributed by atoms with Gasteiger partial charge in [-0.3, -0.25) is 20.2 Å². The van der Waals surface area contributed by atoms with E-state index in [0.29, 0.717) is 6.54 Å². The van der Waals surface area contributed by atoms with Crippen molar-refractivity contribution in [1.29, 1.82) is 0 Å². The van der Waals surface area contributed by atoms with Crippen molar-refractivity contribution < 1.29 is 14.3 Å². The first kappa shape index (κ1) is 10.8. The third kappa shape index (κ3) is 1.92. The van der Waals surface area contributed by atoms with Crippen LogP contribution in [0.5, 0.6) is 5.75 Å². The Kier molecular flexibility index (Phi) is 2.47. The summed E-state index contributed by atoms with van der Waals surface area (Å²) < 4.78 is 5.69. The molecule has 2 heterocycles. The van der Waals surface area contributed by atoms with E-state index in [2.05, 4.69) is 15.6 Å². The molecule has 92 valence electrons. The van der Waals surface area contributed by atoms with Crippen LogP contribution in [0.4, 0.5) is 0 Å². The maximum atomic E-state index is 10.9. The number of nitrogens with zero attached hydrogens (tertiary/aromatic N) is 1. The lowest BCUT2D eigenvalue weighted by molar-refractivity contribution is -0.135. The van der Waals surface area contributed by atoms with Gasteiger partial charge in [0.15, 0.2) is 0 Å². The van der Waals surface area contributed by atoms with Crippen LogP contribution in [0.15, 0.2) is 29.3 Å². The quantitative estimate of drug-likeness (QED) is 0.695. The largest absolute Gasteiger partial charge is 0.488 e. The molecule has 1 fully saturated rings. The molecular formula is C12H11N3O3. The van der Waals surface area contributed by atoms with Crippen LogP contribution >= 0.6 is 0 Å². The normalized spacial score (nSPS) is 21.1. The molecule has 1 aromatic carbocycles. The van der Waals surface area contributed by atoms with Crippen molar-refractivity contribution in [2.24, 2.45) is 4.99 Å². The van der Waals surface area contributed by atoms with Crippen LogP contribution in [0.25, 0.3) is 0 Å². The van der Waals surface area contributed by atoms with Crippen molar-refractivity contribution in [2.75, 3.05) is 6.54 Å². The minimum absolute atomic E-state index is 0.0516. The Morgan fingerprint density at radius 1 is 1.22 bits per heavy atom. The minimum atomic E-state index is -0.677. The summed E-state index contributed by atoms with van der Waals surface area (Å²) in [5, 5.41) is 4.69. The fourth-order valence-electron chi connectivity index (χ4n) is 1.99. The van der Waals surface area contributed by atoms with E-state index in [0.717, 1.165) is 17.7 Å². The summed E-state index contributed by atoms with van der Waals surface area (Å²) in [6, 6.07) is 7.82. The highest BCUT2D eigenvalue weighted by molar-refractivity contribution is 6.45. The lowest BCUT2D eigenvalue weighted by atomic mass is 10.1. The summed E-state index contributed by atoms with van der Waals surface area (Å²) in [7, 11) is 0. The van der Waals surface area contributed by atoms with Crippen LogP contribution in [0.2, 0.25) is 0 Å². The number of guanidine groups is 1. The van der Waals surface area contributed by atoms with E-state index in [4.69, 9.17) is 4.74 Å². The van der Waals surface area contributed by atoms with Crippen LogP contribution in [0.3, 0.4) is 0 Å². The topological polar surface area (TPSA) is 79.8 Å². The van der Waals surface area contributed by atoms with Gasteiger partial charge in [0.25, 0.3) is 0 Å². The molecule has 0 radical (unpaired) electrons. The molecule has 2 aliphatic rings. The molecule has 3 rings (SSSR count). The minimum Gasteiger partial charge on any atom is -0.488 e. The monoisotopic (exact) mass is 245 g/mol. The number of nitrogens with one attached hydrogen (secondary N) is 2.